The SMILES string of the molecule is CCOc1ccc(-c2[nH]nc3c2C(c2ccccc2OCC(N)=O)C(C#N)=C(N)O3)cc1. The van der Waals surface area contributed by atoms with Crippen LogP contribution in [-0.4, -0.2) is 29.3 Å². The van der Waals surface area contributed by atoms with Crippen LogP contribution in [0.3, 0.4) is 0 Å². The van der Waals surface area contributed by atoms with Crippen molar-refractivity contribution in [2.75, 3.05) is 13.2 Å². The van der Waals surface area contributed by atoms with E-state index < -0.39 is 11.8 Å². The van der Waals surface area contributed by atoms with Crippen molar-refractivity contribution in [1.82, 2.24) is 10.2 Å². The number of nitrogens with zero attached hydrogens (tertiary/aromatic N) is 2. The molecule has 1 unspecified atom stereocenters. The van der Waals surface area contributed by atoms with E-state index in [1.807, 2.05) is 37.3 Å². The molecular formula is C23H21N5O4. The number of nitriles is 1. The summed E-state index contributed by atoms with van der Waals surface area (Å²) in [6.07, 6.45) is 0. The molecule has 3 aromatic rings. The van der Waals surface area contributed by atoms with Gasteiger partial charge in [-0.1, -0.05) is 18.2 Å². The monoisotopic (exact) mass is 431 g/mol. The lowest BCUT2D eigenvalue weighted by Crippen LogP contribution is -2.23. The number of fused-ring (bicyclic) bond motifs is 1. The van der Waals surface area contributed by atoms with Gasteiger partial charge in [-0.2, -0.15) is 5.26 Å². The molecule has 1 aliphatic heterocycles. The Morgan fingerprint density at radius 3 is 2.66 bits per heavy atom. The highest BCUT2D eigenvalue weighted by Crippen LogP contribution is 2.47. The minimum absolute atomic E-state index is 0.0422. The van der Waals surface area contributed by atoms with Gasteiger partial charge in [0.05, 0.1) is 23.8 Å². The van der Waals surface area contributed by atoms with Crippen LogP contribution >= 0.6 is 0 Å². The molecule has 162 valence electrons. The van der Waals surface area contributed by atoms with Gasteiger partial charge >= 0.3 is 0 Å². The van der Waals surface area contributed by atoms with E-state index in [1.54, 1.807) is 18.2 Å². The zero-order valence-electron chi connectivity index (χ0n) is 17.3. The number of rotatable bonds is 7. The van der Waals surface area contributed by atoms with Crippen LogP contribution < -0.4 is 25.7 Å². The molecule has 2 heterocycles. The number of hydrogen-bond acceptors (Lipinski definition) is 7. The van der Waals surface area contributed by atoms with Gasteiger partial charge in [0.15, 0.2) is 6.61 Å². The molecule has 0 aliphatic carbocycles. The van der Waals surface area contributed by atoms with E-state index >= 15 is 0 Å². The standard InChI is InChI=1S/C23H21N5O4/c1-2-30-14-9-7-13(8-10-14)21-20-19(16(11-24)22(26)32-23(20)28-27-21)15-5-3-4-6-17(15)31-12-18(25)29/h3-10,19H,2,12,26H2,1H3,(H2,25,29)(H,27,28). The van der Waals surface area contributed by atoms with Crippen molar-refractivity contribution >= 4 is 5.91 Å². The van der Waals surface area contributed by atoms with E-state index in [-0.39, 0.29) is 23.9 Å². The first-order chi connectivity index (χ1) is 15.5. The topological polar surface area (TPSA) is 149 Å². The molecule has 0 saturated carbocycles. The van der Waals surface area contributed by atoms with Crippen LogP contribution in [0.4, 0.5) is 0 Å². The van der Waals surface area contributed by atoms with Crippen molar-refractivity contribution in [1.29, 1.82) is 5.26 Å². The fraction of sp³-hybridized carbons (Fsp3) is 0.174. The minimum Gasteiger partial charge on any atom is -0.494 e. The summed E-state index contributed by atoms with van der Waals surface area (Å²) in [5, 5.41) is 17.2. The molecule has 9 nitrogen and oxygen atoms in total. The van der Waals surface area contributed by atoms with Crippen LogP contribution in [0.15, 0.2) is 60.0 Å². The zero-order valence-corrected chi connectivity index (χ0v) is 17.3. The number of aromatic nitrogens is 2. The van der Waals surface area contributed by atoms with Crippen LogP contribution in [0.25, 0.3) is 11.3 Å². The second-order valence-corrected chi connectivity index (χ2v) is 6.99. The summed E-state index contributed by atoms with van der Waals surface area (Å²) in [4.78, 5) is 11.3. The number of carbonyl (C=O) groups is 1. The summed E-state index contributed by atoms with van der Waals surface area (Å²) >= 11 is 0. The quantitative estimate of drug-likeness (QED) is 0.520. The van der Waals surface area contributed by atoms with E-state index in [4.69, 9.17) is 25.7 Å². The third-order valence-electron chi connectivity index (χ3n) is 4.99. The lowest BCUT2D eigenvalue weighted by Gasteiger charge is -2.25. The Balaban J connectivity index is 1.85. The van der Waals surface area contributed by atoms with Gasteiger partial charge in [-0.05, 0) is 37.3 Å². The van der Waals surface area contributed by atoms with Gasteiger partial charge in [-0.15, -0.1) is 5.10 Å². The lowest BCUT2D eigenvalue weighted by atomic mass is 9.82. The number of amides is 1. The van der Waals surface area contributed by atoms with Crippen molar-refractivity contribution in [2.45, 2.75) is 12.8 Å². The molecule has 0 spiro atoms. The van der Waals surface area contributed by atoms with Gasteiger partial charge in [0.2, 0.25) is 11.8 Å². The Labute approximate surface area is 184 Å². The molecule has 1 aromatic heterocycles. The number of aromatic amines is 1. The van der Waals surface area contributed by atoms with Gasteiger partial charge in [0, 0.05) is 11.1 Å². The first-order valence-electron chi connectivity index (χ1n) is 9.92. The number of nitrogens with one attached hydrogen (secondary N) is 1. The summed E-state index contributed by atoms with van der Waals surface area (Å²) in [7, 11) is 0. The van der Waals surface area contributed by atoms with Gasteiger partial charge in [0.25, 0.3) is 5.91 Å². The molecule has 0 fully saturated rings. The Morgan fingerprint density at radius 2 is 1.97 bits per heavy atom. The van der Waals surface area contributed by atoms with E-state index in [0.29, 0.717) is 29.2 Å². The predicted octanol–water partition coefficient (Wildman–Crippen LogP) is 2.56. The molecule has 1 atom stereocenters. The average Bonchev–Trinajstić information content (AvgIpc) is 3.21. The molecule has 9 heteroatoms. The molecule has 0 saturated heterocycles. The highest BCUT2D eigenvalue weighted by Gasteiger charge is 2.37. The molecule has 5 N–H and O–H groups in total. The van der Waals surface area contributed by atoms with E-state index in [2.05, 4.69) is 16.3 Å². The Morgan fingerprint density at radius 1 is 1.22 bits per heavy atom. The fourth-order valence-electron chi connectivity index (χ4n) is 3.66. The van der Waals surface area contributed by atoms with Crippen LogP contribution in [0.5, 0.6) is 17.4 Å². The first kappa shape index (κ1) is 20.8. The van der Waals surface area contributed by atoms with Gasteiger partial charge < -0.3 is 25.7 Å². The maximum atomic E-state index is 11.3. The summed E-state index contributed by atoms with van der Waals surface area (Å²) in [5.41, 5.74) is 14.3. The Kier molecular flexibility index (Phi) is 5.68. The van der Waals surface area contributed by atoms with Crippen molar-refractivity contribution in [3.8, 4) is 34.7 Å². The Hall–Kier alpha value is -4.45. The number of hydrogen-bond donors (Lipinski definition) is 3. The van der Waals surface area contributed by atoms with Crippen LogP contribution in [-0.2, 0) is 4.79 Å². The second kappa shape index (κ2) is 8.73. The normalized spacial score (nSPS) is 14.8. The van der Waals surface area contributed by atoms with Gasteiger partial charge in [0.1, 0.15) is 23.1 Å². The van der Waals surface area contributed by atoms with Gasteiger partial charge in [-0.3, -0.25) is 9.89 Å². The molecule has 0 radical (unpaired) electrons. The molecule has 4 rings (SSSR count). The third-order valence-corrected chi connectivity index (χ3v) is 4.99. The van der Waals surface area contributed by atoms with E-state index in [1.165, 1.54) is 0 Å². The highest BCUT2D eigenvalue weighted by atomic mass is 16.5. The summed E-state index contributed by atoms with van der Waals surface area (Å²) < 4.78 is 16.8. The molecular weight excluding hydrogens is 410 g/mol. The predicted molar refractivity (Wildman–Crippen MR) is 116 cm³/mol. The molecule has 32 heavy (non-hydrogen) atoms. The van der Waals surface area contributed by atoms with E-state index in [0.717, 1.165) is 11.3 Å². The lowest BCUT2D eigenvalue weighted by molar-refractivity contribution is -0.119. The summed E-state index contributed by atoms with van der Waals surface area (Å²) in [6, 6.07) is 16.7. The first-order valence-corrected chi connectivity index (χ1v) is 9.92. The molecule has 1 amide bonds. The van der Waals surface area contributed by atoms with Crippen LogP contribution in [0, 0.1) is 11.3 Å². The van der Waals surface area contributed by atoms with Crippen LogP contribution in [0.1, 0.15) is 24.0 Å². The number of carbonyl (C=O) groups excluding carboxylic acids is 1. The molecule has 0 bridgehead atoms. The summed E-state index contributed by atoms with van der Waals surface area (Å²) in [6.45, 7) is 2.18. The molecule has 2 aromatic carbocycles. The maximum absolute atomic E-state index is 11.3. The number of allylic oxidation sites excluding steroid dienone is 1. The minimum atomic E-state index is -0.631. The van der Waals surface area contributed by atoms with E-state index in [9.17, 15) is 10.1 Å². The van der Waals surface area contributed by atoms with Crippen molar-refractivity contribution in [3.05, 3.63) is 71.1 Å². The van der Waals surface area contributed by atoms with Gasteiger partial charge in [-0.25, -0.2) is 0 Å². The number of H-pyrrole nitrogens is 1. The third kappa shape index (κ3) is 3.81. The number of para-hydroxylation sites is 1. The number of primary amides is 1. The Bertz CT molecular complexity index is 1220. The largest absolute Gasteiger partial charge is 0.494 e. The average molecular weight is 431 g/mol. The highest BCUT2D eigenvalue weighted by molar-refractivity contribution is 5.76. The molecule has 1 aliphatic rings. The number of nitrogens with two attached hydrogens (primary N) is 2. The fourth-order valence-corrected chi connectivity index (χ4v) is 3.66. The maximum Gasteiger partial charge on any atom is 0.255 e. The van der Waals surface area contributed by atoms with Crippen molar-refractivity contribution in [3.63, 3.8) is 0 Å². The van der Waals surface area contributed by atoms with Crippen molar-refractivity contribution in [2.24, 2.45) is 11.5 Å². The summed E-state index contributed by atoms with van der Waals surface area (Å²) in [5.74, 6) is 0.127. The zero-order chi connectivity index (χ0) is 22.7. The van der Waals surface area contributed by atoms with Crippen molar-refractivity contribution < 1.29 is 19.0 Å². The number of benzene rings is 2. The smallest absolute Gasteiger partial charge is 0.255 e. The second-order valence-electron chi connectivity index (χ2n) is 6.99. The van der Waals surface area contributed by atoms with Crippen LogP contribution in [0.2, 0.25) is 0 Å². The number of ether oxygens (including phenoxy) is 3.